The number of benzene rings is 2. The van der Waals surface area contributed by atoms with Crippen LogP contribution in [0.3, 0.4) is 0 Å². The highest BCUT2D eigenvalue weighted by Gasteiger charge is 2.14. The van der Waals surface area contributed by atoms with E-state index in [0.717, 1.165) is 16.3 Å². The third-order valence-electron chi connectivity index (χ3n) is 3.01. The maximum absolute atomic E-state index is 11.5. The van der Waals surface area contributed by atoms with Crippen molar-refractivity contribution in [1.29, 1.82) is 0 Å². The number of ether oxygens (including phenoxy) is 1. The van der Waals surface area contributed by atoms with Crippen molar-refractivity contribution in [2.24, 2.45) is 11.5 Å². The average molecular weight is 287 g/mol. The molecule has 6 heteroatoms. The molecule has 0 aromatic heterocycles. The molecule has 2 aromatic carbocycles. The van der Waals surface area contributed by atoms with Gasteiger partial charge in [-0.25, -0.2) is 4.79 Å². The Labute approximate surface area is 122 Å². The fraction of sp³-hybridized carbons (Fsp3) is 0.200. The minimum Gasteiger partial charge on any atom is -0.483 e. The number of nitrogens with two attached hydrogens (primary N) is 2. The number of hydrogen-bond donors (Lipinski definition) is 3. The minimum atomic E-state index is -0.908. The Balaban J connectivity index is 2.33. The van der Waals surface area contributed by atoms with Crippen LogP contribution < -0.4 is 21.5 Å². The van der Waals surface area contributed by atoms with Gasteiger partial charge in [-0.3, -0.25) is 10.1 Å². The standard InChI is InChI=1S/C15H17N3O3/c1-9(16)11-7-6-10-4-2-3-5-12(10)14(11)21-8-13(19)18-15(17)20/h2-7,9H,8,16H2,1H3,(H3,17,18,19,20)/t9-/m0/s1. The van der Waals surface area contributed by atoms with E-state index in [1.54, 1.807) is 0 Å². The van der Waals surface area contributed by atoms with Gasteiger partial charge in [-0.1, -0.05) is 36.4 Å². The van der Waals surface area contributed by atoms with Gasteiger partial charge >= 0.3 is 6.03 Å². The third-order valence-corrected chi connectivity index (χ3v) is 3.01. The van der Waals surface area contributed by atoms with Gasteiger partial charge in [0.15, 0.2) is 6.61 Å². The molecule has 0 saturated carbocycles. The van der Waals surface area contributed by atoms with Crippen LogP contribution in [0.2, 0.25) is 0 Å². The second-order valence-corrected chi connectivity index (χ2v) is 4.69. The number of imide groups is 1. The Hall–Kier alpha value is -2.60. The molecule has 3 amide bonds. The molecule has 0 radical (unpaired) electrons. The molecule has 2 rings (SSSR count). The van der Waals surface area contributed by atoms with Crippen LogP contribution in [0.5, 0.6) is 5.75 Å². The number of urea groups is 1. The number of hydrogen-bond acceptors (Lipinski definition) is 4. The monoisotopic (exact) mass is 287 g/mol. The second kappa shape index (κ2) is 6.23. The van der Waals surface area contributed by atoms with Crippen molar-refractivity contribution >= 4 is 22.7 Å². The second-order valence-electron chi connectivity index (χ2n) is 4.69. The first-order chi connectivity index (χ1) is 9.99. The van der Waals surface area contributed by atoms with Gasteiger partial charge in [0.05, 0.1) is 0 Å². The summed E-state index contributed by atoms with van der Waals surface area (Å²) in [6.45, 7) is 1.52. The predicted octanol–water partition coefficient (Wildman–Crippen LogP) is 1.43. The first-order valence-electron chi connectivity index (χ1n) is 6.48. The zero-order valence-corrected chi connectivity index (χ0v) is 11.6. The van der Waals surface area contributed by atoms with Crippen LogP contribution in [-0.2, 0) is 4.79 Å². The van der Waals surface area contributed by atoms with Crippen LogP contribution in [0.25, 0.3) is 10.8 Å². The molecule has 5 N–H and O–H groups in total. The van der Waals surface area contributed by atoms with Crippen molar-refractivity contribution in [3.8, 4) is 5.75 Å². The van der Waals surface area contributed by atoms with Crippen LogP contribution in [0.15, 0.2) is 36.4 Å². The lowest BCUT2D eigenvalue weighted by Crippen LogP contribution is -2.38. The van der Waals surface area contributed by atoms with Crippen LogP contribution in [0.1, 0.15) is 18.5 Å². The van der Waals surface area contributed by atoms with Crippen LogP contribution >= 0.6 is 0 Å². The predicted molar refractivity (Wildman–Crippen MR) is 79.8 cm³/mol. The van der Waals surface area contributed by atoms with Crippen molar-refractivity contribution < 1.29 is 14.3 Å². The SMILES string of the molecule is C[C@H](N)c1ccc2ccccc2c1OCC(=O)NC(N)=O. The molecule has 0 bridgehead atoms. The highest BCUT2D eigenvalue weighted by molar-refractivity contribution is 5.95. The molecule has 0 aliphatic carbocycles. The van der Waals surface area contributed by atoms with Gasteiger partial charge in [0.25, 0.3) is 5.91 Å². The zero-order valence-electron chi connectivity index (χ0n) is 11.6. The number of primary amides is 1. The zero-order chi connectivity index (χ0) is 15.4. The topological polar surface area (TPSA) is 107 Å². The van der Waals surface area contributed by atoms with Crippen molar-refractivity contribution in [2.45, 2.75) is 13.0 Å². The summed E-state index contributed by atoms with van der Waals surface area (Å²) in [6, 6.07) is 10.3. The summed E-state index contributed by atoms with van der Waals surface area (Å²) in [5, 5.41) is 3.79. The fourth-order valence-electron chi connectivity index (χ4n) is 2.09. The molecule has 21 heavy (non-hydrogen) atoms. The Bertz CT molecular complexity index is 683. The number of rotatable bonds is 4. The van der Waals surface area contributed by atoms with Gasteiger partial charge in [0.2, 0.25) is 0 Å². The molecule has 6 nitrogen and oxygen atoms in total. The van der Waals surface area contributed by atoms with Crippen molar-refractivity contribution in [1.82, 2.24) is 5.32 Å². The minimum absolute atomic E-state index is 0.246. The number of amides is 3. The van der Waals surface area contributed by atoms with E-state index in [2.05, 4.69) is 0 Å². The Morgan fingerprint density at radius 2 is 1.95 bits per heavy atom. The molecular formula is C15H17N3O3. The molecular weight excluding hydrogens is 270 g/mol. The highest BCUT2D eigenvalue weighted by Crippen LogP contribution is 2.32. The molecule has 0 aliphatic heterocycles. The smallest absolute Gasteiger partial charge is 0.318 e. The molecule has 2 aromatic rings. The summed E-state index contributed by atoms with van der Waals surface area (Å²) in [6.07, 6.45) is 0. The Morgan fingerprint density at radius 3 is 2.62 bits per heavy atom. The van der Waals surface area contributed by atoms with Gasteiger partial charge in [-0.05, 0) is 12.3 Å². The van der Waals surface area contributed by atoms with Crippen LogP contribution in [-0.4, -0.2) is 18.5 Å². The molecule has 0 aliphatic rings. The average Bonchev–Trinajstić information content (AvgIpc) is 2.43. The van der Waals surface area contributed by atoms with E-state index >= 15 is 0 Å². The molecule has 1 atom stereocenters. The third kappa shape index (κ3) is 3.49. The van der Waals surface area contributed by atoms with E-state index in [4.69, 9.17) is 16.2 Å². The maximum atomic E-state index is 11.5. The quantitative estimate of drug-likeness (QED) is 0.790. The highest BCUT2D eigenvalue weighted by atomic mass is 16.5. The molecule has 0 saturated heterocycles. The van der Waals surface area contributed by atoms with Crippen molar-refractivity contribution in [3.63, 3.8) is 0 Å². The number of fused-ring (bicyclic) bond motifs is 1. The molecule has 0 spiro atoms. The van der Waals surface area contributed by atoms with Gasteiger partial charge in [0, 0.05) is 17.0 Å². The van der Waals surface area contributed by atoms with Gasteiger partial charge in [0.1, 0.15) is 5.75 Å². The van der Waals surface area contributed by atoms with E-state index in [1.165, 1.54) is 0 Å². The number of nitrogens with one attached hydrogen (secondary N) is 1. The van der Waals surface area contributed by atoms with Gasteiger partial charge < -0.3 is 16.2 Å². The maximum Gasteiger partial charge on any atom is 0.318 e. The van der Waals surface area contributed by atoms with Crippen molar-refractivity contribution in [3.05, 3.63) is 42.0 Å². The first-order valence-corrected chi connectivity index (χ1v) is 6.48. The fourth-order valence-corrected chi connectivity index (χ4v) is 2.09. The Kier molecular flexibility index (Phi) is 4.39. The number of carbonyl (C=O) groups excluding carboxylic acids is 2. The van der Waals surface area contributed by atoms with E-state index in [0.29, 0.717) is 5.75 Å². The lowest BCUT2D eigenvalue weighted by atomic mass is 10.0. The summed E-state index contributed by atoms with van der Waals surface area (Å²) in [7, 11) is 0. The van der Waals surface area contributed by atoms with E-state index < -0.39 is 11.9 Å². The Morgan fingerprint density at radius 1 is 1.24 bits per heavy atom. The van der Waals surface area contributed by atoms with E-state index in [9.17, 15) is 9.59 Å². The summed E-state index contributed by atoms with van der Waals surface area (Å²) in [5.41, 5.74) is 11.6. The lowest BCUT2D eigenvalue weighted by molar-refractivity contribution is -0.121. The molecule has 0 heterocycles. The summed E-state index contributed by atoms with van der Waals surface area (Å²) >= 11 is 0. The van der Waals surface area contributed by atoms with Gasteiger partial charge in [-0.15, -0.1) is 0 Å². The van der Waals surface area contributed by atoms with Crippen molar-refractivity contribution in [2.75, 3.05) is 6.61 Å². The van der Waals surface area contributed by atoms with E-state index in [1.807, 2.05) is 48.6 Å². The molecule has 0 fully saturated rings. The van der Waals surface area contributed by atoms with Gasteiger partial charge in [-0.2, -0.15) is 0 Å². The molecule has 0 unspecified atom stereocenters. The first kappa shape index (κ1) is 14.8. The normalized spacial score (nSPS) is 11.9. The summed E-state index contributed by atoms with van der Waals surface area (Å²) in [5.74, 6) is -0.0613. The largest absolute Gasteiger partial charge is 0.483 e. The number of carbonyl (C=O) groups is 2. The lowest BCUT2D eigenvalue weighted by Gasteiger charge is -2.16. The summed E-state index contributed by atoms with van der Waals surface area (Å²) in [4.78, 5) is 22.1. The van der Waals surface area contributed by atoms with Crippen LogP contribution in [0.4, 0.5) is 4.79 Å². The van der Waals surface area contributed by atoms with Crippen LogP contribution in [0, 0.1) is 0 Å². The van der Waals surface area contributed by atoms with E-state index in [-0.39, 0.29) is 12.6 Å². The molecule has 110 valence electrons. The summed E-state index contributed by atoms with van der Waals surface area (Å²) < 4.78 is 5.57.